The number of carbonyl (C=O) groups excluding carboxylic acids is 1. The highest BCUT2D eigenvalue weighted by atomic mass is 19.1. The van der Waals surface area contributed by atoms with Crippen LogP contribution in [0.25, 0.3) is 11.3 Å². The Kier molecular flexibility index (Phi) is 3.10. The predicted octanol–water partition coefficient (Wildman–Crippen LogP) is 2.15. The van der Waals surface area contributed by atoms with Gasteiger partial charge in [-0.15, -0.1) is 0 Å². The molecule has 1 aromatic heterocycles. The van der Waals surface area contributed by atoms with Gasteiger partial charge in [0.15, 0.2) is 5.69 Å². The number of methoxy groups -OCH3 is 1. The minimum atomic E-state index is -0.631. The summed E-state index contributed by atoms with van der Waals surface area (Å²) in [5, 5.41) is 3.88. The Labute approximate surface area is 102 Å². The second-order valence-corrected chi connectivity index (χ2v) is 3.65. The quantitative estimate of drug-likeness (QED) is 0.769. The van der Waals surface area contributed by atoms with Gasteiger partial charge in [-0.2, -0.15) is 5.10 Å². The molecule has 0 aliphatic heterocycles. The van der Waals surface area contributed by atoms with Crippen LogP contribution in [0.1, 0.15) is 10.5 Å². The monoisotopic (exact) mass is 252 g/mol. The highest BCUT2D eigenvalue weighted by Crippen LogP contribution is 2.24. The summed E-state index contributed by atoms with van der Waals surface area (Å²) < 4.78 is 32.5. The van der Waals surface area contributed by atoms with Crippen LogP contribution in [0.4, 0.5) is 8.78 Å². The molecule has 0 fully saturated rings. The lowest BCUT2D eigenvalue weighted by atomic mass is 10.1. The van der Waals surface area contributed by atoms with Gasteiger partial charge >= 0.3 is 5.97 Å². The van der Waals surface area contributed by atoms with Crippen molar-refractivity contribution in [3.05, 3.63) is 41.6 Å². The number of benzene rings is 1. The summed E-state index contributed by atoms with van der Waals surface area (Å²) in [5.74, 6) is -1.78. The molecular weight excluding hydrogens is 242 g/mol. The lowest BCUT2D eigenvalue weighted by Gasteiger charge is -2.03. The van der Waals surface area contributed by atoms with E-state index in [0.717, 1.165) is 18.2 Å². The van der Waals surface area contributed by atoms with Crippen LogP contribution in [0, 0.1) is 11.6 Å². The Bertz CT molecular complexity index is 608. The maximum absolute atomic E-state index is 13.6. The van der Waals surface area contributed by atoms with E-state index >= 15 is 0 Å². The Hall–Kier alpha value is -2.24. The Morgan fingerprint density at radius 2 is 2.06 bits per heavy atom. The molecule has 0 aliphatic rings. The summed E-state index contributed by atoms with van der Waals surface area (Å²) in [6, 6.07) is 4.45. The first-order chi connectivity index (χ1) is 8.52. The molecule has 0 atom stereocenters. The average Bonchev–Trinajstić information content (AvgIpc) is 2.73. The molecule has 2 aromatic rings. The van der Waals surface area contributed by atoms with Crippen molar-refractivity contribution in [1.82, 2.24) is 9.78 Å². The van der Waals surface area contributed by atoms with E-state index in [1.807, 2.05) is 0 Å². The third-order valence-electron chi connectivity index (χ3n) is 2.48. The number of hydrogen-bond acceptors (Lipinski definition) is 3. The Morgan fingerprint density at radius 1 is 1.33 bits per heavy atom. The van der Waals surface area contributed by atoms with Crippen LogP contribution in [-0.4, -0.2) is 22.9 Å². The third-order valence-corrected chi connectivity index (χ3v) is 2.48. The van der Waals surface area contributed by atoms with Crippen LogP contribution in [0.15, 0.2) is 24.3 Å². The summed E-state index contributed by atoms with van der Waals surface area (Å²) in [6.45, 7) is 0. The summed E-state index contributed by atoms with van der Waals surface area (Å²) in [7, 11) is 2.76. The fourth-order valence-electron chi connectivity index (χ4n) is 1.62. The van der Waals surface area contributed by atoms with Crippen LogP contribution < -0.4 is 0 Å². The number of hydrogen-bond donors (Lipinski definition) is 0. The number of ether oxygens (including phenoxy) is 1. The van der Waals surface area contributed by atoms with E-state index in [0.29, 0.717) is 5.69 Å². The van der Waals surface area contributed by atoms with Crippen molar-refractivity contribution in [2.45, 2.75) is 0 Å². The van der Waals surface area contributed by atoms with Gasteiger partial charge in [-0.05, 0) is 24.3 Å². The van der Waals surface area contributed by atoms with Gasteiger partial charge < -0.3 is 4.74 Å². The van der Waals surface area contributed by atoms with Crippen molar-refractivity contribution in [2.24, 2.45) is 7.05 Å². The van der Waals surface area contributed by atoms with Gasteiger partial charge in [-0.25, -0.2) is 13.6 Å². The van der Waals surface area contributed by atoms with Crippen LogP contribution in [-0.2, 0) is 11.8 Å². The van der Waals surface area contributed by atoms with E-state index in [4.69, 9.17) is 0 Å². The summed E-state index contributed by atoms with van der Waals surface area (Å²) in [5.41, 5.74) is 0.381. The van der Waals surface area contributed by atoms with Gasteiger partial charge in [0, 0.05) is 12.6 Å². The number of carbonyl (C=O) groups is 1. The molecule has 18 heavy (non-hydrogen) atoms. The van der Waals surface area contributed by atoms with Crippen molar-refractivity contribution in [1.29, 1.82) is 0 Å². The normalized spacial score (nSPS) is 10.4. The maximum Gasteiger partial charge on any atom is 0.358 e. The molecule has 0 saturated carbocycles. The molecule has 1 heterocycles. The topological polar surface area (TPSA) is 44.1 Å². The van der Waals surface area contributed by atoms with E-state index in [1.54, 1.807) is 0 Å². The van der Waals surface area contributed by atoms with Crippen LogP contribution in [0.5, 0.6) is 0 Å². The number of rotatable bonds is 2. The zero-order valence-electron chi connectivity index (χ0n) is 9.78. The van der Waals surface area contributed by atoms with Crippen LogP contribution in [0.2, 0.25) is 0 Å². The molecule has 6 heteroatoms. The highest BCUT2D eigenvalue weighted by Gasteiger charge is 2.16. The first kappa shape index (κ1) is 12.2. The van der Waals surface area contributed by atoms with Crippen LogP contribution >= 0.6 is 0 Å². The van der Waals surface area contributed by atoms with E-state index in [9.17, 15) is 13.6 Å². The van der Waals surface area contributed by atoms with Gasteiger partial charge in [0.2, 0.25) is 0 Å². The first-order valence-electron chi connectivity index (χ1n) is 5.10. The van der Waals surface area contributed by atoms with E-state index < -0.39 is 17.6 Å². The second-order valence-electron chi connectivity index (χ2n) is 3.65. The fourth-order valence-corrected chi connectivity index (χ4v) is 1.62. The molecule has 0 unspecified atom stereocenters. The molecule has 0 radical (unpaired) electrons. The lowest BCUT2D eigenvalue weighted by molar-refractivity contribution is 0.0593. The number of aryl methyl sites for hydroxylation is 1. The van der Waals surface area contributed by atoms with Gasteiger partial charge in [0.1, 0.15) is 11.6 Å². The standard InChI is InChI=1S/C12H10F2N2O2/c1-16-11(6-10(15-16)12(17)18-2)8-5-7(13)3-4-9(8)14/h3-6H,1-2H3. The minimum absolute atomic E-state index is 0.0404. The van der Waals surface area contributed by atoms with Crippen molar-refractivity contribution in [3.8, 4) is 11.3 Å². The second kappa shape index (κ2) is 4.56. The Balaban J connectivity index is 2.54. The smallest absolute Gasteiger partial charge is 0.358 e. The molecule has 0 N–H and O–H groups in total. The number of esters is 1. The van der Waals surface area contributed by atoms with E-state index in [1.165, 1.54) is 24.9 Å². The fraction of sp³-hybridized carbons (Fsp3) is 0.167. The first-order valence-corrected chi connectivity index (χ1v) is 5.10. The van der Waals surface area contributed by atoms with Crippen LogP contribution in [0.3, 0.4) is 0 Å². The highest BCUT2D eigenvalue weighted by molar-refractivity contribution is 5.88. The molecule has 1 aromatic carbocycles. The number of aromatic nitrogens is 2. The SMILES string of the molecule is COC(=O)c1cc(-c2cc(F)ccc2F)n(C)n1. The molecule has 0 saturated heterocycles. The summed E-state index contributed by atoms with van der Waals surface area (Å²) >= 11 is 0. The Morgan fingerprint density at radius 3 is 2.72 bits per heavy atom. The minimum Gasteiger partial charge on any atom is -0.464 e. The van der Waals surface area contributed by atoms with Crippen molar-refractivity contribution in [2.75, 3.05) is 7.11 Å². The molecule has 0 amide bonds. The van der Waals surface area contributed by atoms with Gasteiger partial charge in [0.05, 0.1) is 12.8 Å². The van der Waals surface area contributed by atoms with Gasteiger partial charge in [-0.3, -0.25) is 4.68 Å². The number of nitrogens with zero attached hydrogens (tertiary/aromatic N) is 2. The molecule has 4 nitrogen and oxygen atoms in total. The molecule has 0 aliphatic carbocycles. The largest absolute Gasteiger partial charge is 0.464 e. The summed E-state index contributed by atoms with van der Waals surface area (Å²) in [6.07, 6.45) is 0. The molecule has 0 spiro atoms. The van der Waals surface area contributed by atoms with Crippen molar-refractivity contribution < 1.29 is 18.3 Å². The van der Waals surface area contributed by atoms with Gasteiger partial charge in [0.25, 0.3) is 0 Å². The molecule has 0 bridgehead atoms. The average molecular weight is 252 g/mol. The molecule has 2 rings (SSSR count). The van der Waals surface area contributed by atoms with E-state index in [-0.39, 0.29) is 11.3 Å². The van der Waals surface area contributed by atoms with Crippen molar-refractivity contribution >= 4 is 5.97 Å². The lowest BCUT2D eigenvalue weighted by Crippen LogP contribution is -2.03. The van der Waals surface area contributed by atoms with Crippen molar-refractivity contribution in [3.63, 3.8) is 0 Å². The van der Waals surface area contributed by atoms with E-state index in [2.05, 4.69) is 9.84 Å². The third kappa shape index (κ3) is 2.09. The zero-order valence-corrected chi connectivity index (χ0v) is 9.78. The number of halogens is 2. The summed E-state index contributed by atoms with van der Waals surface area (Å²) in [4.78, 5) is 11.3. The zero-order chi connectivity index (χ0) is 13.3. The molecule has 94 valence electrons. The maximum atomic E-state index is 13.6. The van der Waals surface area contributed by atoms with Gasteiger partial charge in [-0.1, -0.05) is 0 Å². The molecular formula is C12H10F2N2O2. The predicted molar refractivity (Wildman–Crippen MR) is 59.9 cm³/mol.